The Morgan fingerprint density at radius 2 is 0.917 bits per heavy atom. The Bertz CT molecular complexity index is 497. The van der Waals surface area contributed by atoms with Crippen LogP contribution in [0.25, 0.3) is 0 Å². The zero-order valence-corrected chi connectivity index (χ0v) is 25.5. The maximum Gasteiger partial charge on any atom is 0.333 e. The van der Waals surface area contributed by atoms with E-state index in [1.807, 2.05) is 0 Å². The lowest BCUT2D eigenvalue weighted by Gasteiger charge is -2.18. The molecule has 0 radical (unpaired) electrons. The third-order valence-electron chi connectivity index (χ3n) is 8.02. The lowest BCUT2D eigenvalue weighted by molar-refractivity contribution is -0.140. The molecular formula is C34H66O2. The van der Waals surface area contributed by atoms with Crippen molar-refractivity contribution in [2.24, 2.45) is 17.8 Å². The Kier molecular flexibility index (Phi) is 25.3. The first-order valence-corrected chi connectivity index (χ1v) is 16.2. The molecule has 0 aliphatic carbocycles. The molecule has 0 aliphatic heterocycles. The minimum Gasteiger partial charge on any atom is -0.462 e. The predicted octanol–water partition coefficient (Wildman–Crippen LogP) is 11.6. The highest BCUT2D eigenvalue weighted by Gasteiger charge is 2.13. The van der Waals surface area contributed by atoms with E-state index in [1.165, 1.54) is 141 Å². The second-order valence-electron chi connectivity index (χ2n) is 12.1. The summed E-state index contributed by atoms with van der Waals surface area (Å²) in [6.45, 7) is 15.5. The van der Waals surface area contributed by atoms with Gasteiger partial charge in [-0.15, -0.1) is 0 Å². The predicted molar refractivity (Wildman–Crippen MR) is 161 cm³/mol. The zero-order chi connectivity index (χ0) is 26.9. The molecule has 0 heterocycles. The van der Waals surface area contributed by atoms with Gasteiger partial charge < -0.3 is 4.74 Å². The summed E-state index contributed by atoms with van der Waals surface area (Å²) in [6.07, 6.45) is 29.8. The van der Waals surface area contributed by atoms with Crippen molar-refractivity contribution in [2.45, 2.75) is 176 Å². The van der Waals surface area contributed by atoms with Crippen molar-refractivity contribution in [1.29, 1.82) is 0 Å². The molecule has 3 unspecified atom stereocenters. The summed E-state index contributed by atoms with van der Waals surface area (Å²) < 4.78 is 5.56. The molecule has 0 aliphatic rings. The molecule has 0 aromatic heterocycles. The van der Waals surface area contributed by atoms with Gasteiger partial charge in [-0.3, -0.25) is 0 Å². The summed E-state index contributed by atoms with van der Waals surface area (Å²) >= 11 is 0. The maximum absolute atomic E-state index is 11.9. The van der Waals surface area contributed by atoms with Crippen molar-refractivity contribution in [1.82, 2.24) is 0 Å². The standard InChI is InChI=1S/C34H66O2/c1-7-9-11-17-23-31(5)25-19-14-13-15-21-27-33(29-36-34(35)30(3)4)28-22-16-20-26-32(6)24-18-12-10-8-2/h31-33H,3,7-29H2,1-2,4-6H3. The van der Waals surface area contributed by atoms with Crippen LogP contribution < -0.4 is 0 Å². The van der Waals surface area contributed by atoms with Gasteiger partial charge in [-0.1, -0.05) is 163 Å². The second-order valence-corrected chi connectivity index (χ2v) is 12.1. The van der Waals surface area contributed by atoms with Crippen molar-refractivity contribution in [2.75, 3.05) is 6.61 Å². The molecule has 3 atom stereocenters. The van der Waals surface area contributed by atoms with Crippen molar-refractivity contribution in [3.8, 4) is 0 Å². The molecule has 36 heavy (non-hydrogen) atoms. The molecule has 0 saturated carbocycles. The first-order chi connectivity index (χ1) is 17.4. The van der Waals surface area contributed by atoms with Crippen LogP contribution in [0, 0.1) is 17.8 Å². The summed E-state index contributed by atoms with van der Waals surface area (Å²) in [4.78, 5) is 11.9. The fourth-order valence-corrected chi connectivity index (χ4v) is 5.31. The van der Waals surface area contributed by atoms with Gasteiger partial charge in [-0.25, -0.2) is 4.79 Å². The van der Waals surface area contributed by atoms with Crippen LogP contribution in [0.3, 0.4) is 0 Å². The Morgan fingerprint density at radius 3 is 1.31 bits per heavy atom. The van der Waals surface area contributed by atoms with Gasteiger partial charge in [-0.2, -0.15) is 0 Å². The number of rotatable bonds is 27. The van der Waals surface area contributed by atoms with E-state index in [-0.39, 0.29) is 5.97 Å². The molecule has 2 nitrogen and oxygen atoms in total. The van der Waals surface area contributed by atoms with Crippen molar-refractivity contribution >= 4 is 5.97 Å². The third kappa shape index (κ3) is 23.6. The van der Waals surface area contributed by atoms with Gasteiger partial charge in [0.1, 0.15) is 0 Å². The SMILES string of the molecule is C=C(C)C(=O)OCC(CCCCCCCC(C)CCCCCC)CCCCCC(C)CCCCCC. The quantitative estimate of drug-likeness (QED) is 0.0629. The molecule has 2 heteroatoms. The van der Waals surface area contributed by atoms with Crippen molar-refractivity contribution in [3.05, 3.63) is 12.2 Å². The average Bonchev–Trinajstić information content (AvgIpc) is 2.86. The van der Waals surface area contributed by atoms with Crippen molar-refractivity contribution < 1.29 is 9.53 Å². The van der Waals surface area contributed by atoms with Crippen molar-refractivity contribution in [3.63, 3.8) is 0 Å². The fraction of sp³-hybridized carbons (Fsp3) is 0.912. The minimum atomic E-state index is -0.222. The van der Waals surface area contributed by atoms with Gasteiger partial charge in [0.25, 0.3) is 0 Å². The smallest absolute Gasteiger partial charge is 0.333 e. The summed E-state index contributed by atoms with van der Waals surface area (Å²) in [7, 11) is 0. The molecule has 214 valence electrons. The molecule has 0 saturated heterocycles. The highest BCUT2D eigenvalue weighted by molar-refractivity contribution is 5.86. The molecule has 0 aromatic rings. The molecule has 0 bridgehead atoms. The Labute approximate surface area is 227 Å². The lowest BCUT2D eigenvalue weighted by Crippen LogP contribution is -2.15. The van der Waals surface area contributed by atoms with E-state index >= 15 is 0 Å². The molecule has 0 N–H and O–H groups in total. The van der Waals surface area contributed by atoms with Gasteiger partial charge in [0.2, 0.25) is 0 Å². The molecule has 0 rings (SSSR count). The Morgan fingerprint density at radius 1 is 0.583 bits per heavy atom. The Hall–Kier alpha value is -0.790. The fourth-order valence-electron chi connectivity index (χ4n) is 5.31. The van der Waals surface area contributed by atoms with E-state index in [0.717, 1.165) is 11.8 Å². The van der Waals surface area contributed by atoms with Gasteiger partial charge >= 0.3 is 5.97 Å². The van der Waals surface area contributed by atoms with Gasteiger partial charge in [0.15, 0.2) is 0 Å². The number of carbonyl (C=O) groups excluding carboxylic acids is 1. The highest BCUT2D eigenvalue weighted by Crippen LogP contribution is 2.23. The third-order valence-corrected chi connectivity index (χ3v) is 8.02. The number of unbranched alkanes of at least 4 members (excludes halogenated alkanes) is 12. The topological polar surface area (TPSA) is 26.3 Å². The second kappa shape index (κ2) is 25.8. The molecular weight excluding hydrogens is 440 g/mol. The van der Waals surface area contributed by atoms with Crippen LogP contribution in [-0.4, -0.2) is 12.6 Å². The number of hydrogen-bond donors (Lipinski definition) is 0. The minimum absolute atomic E-state index is 0.222. The largest absolute Gasteiger partial charge is 0.462 e. The van der Waals surface area contributed by atoms with E-state index in [0.29, 0.717) is 18.1 Å². The van der Waals surface area contributed by atoms with Crippen LogP contribution in [0.4, 0.5) is 0 Å². The normalized spacial score (nSPS) is 13.9. The maximum atomic E-state index is 11.9. The monoisotopic (exact) mass is 507 g/mol. The van der Waals surface area contributed by atoms with Crippen LogP contribution in [0.1, 0.15) is 176 Å². The van der Waals surface area contributed by atoms with Crippen LogP contribution in [0.2, 0.25) is 0 Å². The zero-order valence-electron chi connectivity index (χ0n) is 25.5. The average molecular weight is 507 g/mol. The van der Waals surface area contributed by atoms with E-state index in [9.17, 15) is 4.79 Å². The summed E-state index contributed by atoms with van der Waals surface area (Å²) in [5.74, 6) is 2.07. The van der Waals surface area contributed by atoms with Crippen LogP contribution in [0.5, 0.6) is 0 Å². The highest BCUT2D eigenvalue weighted by atomic mass is 16.5. The van der Waals surface area contributed by atoms with Crippen LogP contribution in [0.15, 0.2) is 12.2 Å². The summed E-state index contributed by atoms with van der Waals surface area (Å²) in [5.41, 5.74) is 0.515. The number of ether oxygens (including phenoxy) is 1. The van der Waals surface area contributed by atoms with Crippen LogP contribution >= 0.6 is 0 Å². The molecule has 0 spiro atoms. The number of hydrogen-bond acceptors (Lipinski definition) is 2. The lowest BCUT2D eigenvalue weighted by atomic mass is 9.92. The molecule has 0 fully saturated rings. The first-order valence-electron chi connectivity index (χ1n) is 16.2. The van der Waals surface area contributed by atoms with E-state index in [1.54, 1.807) is 6.92 Å². The number of esters is 1. The summed E-state index contributed by atoms with van der Waals surface area (Å²) in [5, 5.41) is 0. The Balaban J connectivity index is 4.01. The van der Waals surface area contributed by atoms with E-state index in [2.05, 4.69) is 34.3 Å². The van der Waals surface area contributed by atoms with E-state index in [4.69, 9.17) is 4.74 Å². The van der Waals surface area contributed by atoms with Gasteiger partial charge in [-0.05, 0) is 37.5 Å². The van der Waals surface area contributed by atoms with Gasteiger partial charge in [0, 0.05) is 5.57 Å². The molecule has 0 amide bonds. The summed E-state index contributed by atoms with van der Waals surface area (Å²) in [6, 6.07) is 0. The number of carbonyl (C=O) groups is 1. The molecule has 0 aromatic carbocycles. The van der Waals surface area contributed by atoms with E-state index < -0.39 is 0 Å². The first kappa shape index (κ1) is 35.2. The van der Waals surface area contributed by atoms with Crippen LogP contribution in [-0.2, 0) is 9.53 Å². The van der Waals surface area contributed by atoms with Gasteiger partial charge in [0.05, 0.1) is 6.61 Å².